The minimum absolute atomic E-state index is 0.307. The number of piperidine rings is 1. The van der Waals surface area contributed by atoms with Crippen LogP contribution in [0.4, 0.5) is 0 Å². The Bertz CT molecular complexity index is 971. The van der Waals surface area contributed by atoms with Gasteiger partial charge in [0, 0.05) is 37.1 Å². The zero-order valence-electron chi connectivity index (χ0n) is 18.0. The van der Waals surface area contributed by atoms with Gasteiger partial charge in [0.1, 0.15) is 5.82 Å². The number of imidazole rings is 1. The molecule has 1 unspecified atom stereocenters. The minimum atomic E-state index is 0.307. The molecule has 160 valence electrons. The number of aryl methyl sites for hydroxylation is 1. The fourth-order valence-electron chi connectivity index (χ4n) is 4.30. The van der Waals surface area contributed by atoms with E-state index in [-0.39, 0.29) is 0 Å². The minimum Gasteiger partial charge on any atom is -0.493 e. The molecule has 0 aliphatic carbocycles. The van der Waals surface area contributed by atoms with Gasteiger partial charge in [0.05, 0.1) is 39.3 Å². The predicted octanol–water partition coefficient (Wildman–Crippen LogP) is 3.56. The largest absolute Gasteiger partial charge is 0.493 e. The Hall–Kier alpha value is -3.00. The number of aromatic nitrogens is 4. The van der Waals surface area contributed by atoms with Crippen molar-refractivity contribution in [2.45, 2.75) is 31.8 Å². The Labute approximate surface area is 176 Å². The molecule has 0 radical (unpaired) electrons. The summed E-state index contributed by atoms with van der Waals surface area (Å²) < 4.78 is 18.6. The summed E-state index contributed by atoms with van der Waals surface area (Å²) in [4.78, 5) is 7.11. The average Bonchev–Trinajstić information content (AvgIpc) is 3.42. The molecule has 3 aromatic rings. The maximum atomic E-state index is 5.53. The average molecular weight is 412 g/mol. The first-order valence-electron chi connectivity index (χ1n) is 10.2. The number of rotatable bonds is 7. The molecule has 0 spiro atoms. The van der Waals surface area contributed by atoms with Crippen molar-refractivity contribution in [1.29, 1.82) is 0 Å². The number of benzene rings is 1. The van der Waals surface area contributed by atoms with Crippen molar-refractivity contribution in [1.82, 2.24) is 24.6 Å². The first-order chi connectivity index (χ1) is 14.7. The Morgan fingerprint density at radius 3 is 2.50 bits per heavy atom. The number of likely N-dealkylation sites (tertiary alicyclic amines) is 1. The third-order valence-corrected chi connectivity index (χ3v) is 5.81. The van der Waals surface area contributed by atoms with Crippen LogP contribution in [0.2, 0.25) is 0 Å². The molecule has 2 aromatic heterocycles. The summed E-state index contributed by atoms with van der Waals surface area (Å²) in [5.41, 5.74) is 3.03. The molecule has 8 heteroatoms. The lowest BCUT2D eigenvalue weighted by molar-refractivity contribution is 0.132. The first kappa shape index (κ1) is 20.3. The van der Waals surface area contributed by atoms with Crippen LogP contribution in [0.3, 0.4) is 0 Å². The van der Waals surface area contributed by atoms with Crippen LogP contribution < -0.4 is 14.2 Å². The second-order valence-electron chi connectivity index (χ2n) is 7.56. The molecule has 4 rings (SSSR count). The van der Waals surface area contributed by atoms with Crippen molar-refractivity contribution < 1.29 is 14.2 Å². The molecular weight excluding hydrogens is 382 g/mol. The van der Waals surface area contributed by atoms with E-state index in [1.165, 1.54) is 12.8 Å². The highest BCUT2D eigenvalue weighted by Gasteiger charge is 2.28. The highest BCUT2D eigenvalue weighted by Crippen LogP contribution is 2.42. The highest BCUT2D eigenvalue weighted by atomic mass is 16.5. The van der Waals surface area contributed by atoms with Crippen molar-refractivity contribution in [3.05, 3.63) is 42.1 Å². The number of hydrogen-bond acceptors (Lipinski definition) is 6. The fourth-order valence-corrected chi connectivity index (χ4v) is 4.30. The van der Waals surface area contributed by atoms with E-state index in [4.69, 9.17) is 14.2 Å². The van der Waals surface area contributed by atoms with E-state index in [0.717, 1.165) is 42.2 Å². The van der Waals surface area contributed by atoms with Gasteiger partial charge in [-0.1, -0.05) is 6.42 Å². The predicted molar refractivity (Wildman–Crippen MR) is 114 cm³/mol. The van der Waals surface area contributed by atoms with Crippen molar-refractivity contribution in [2.75, 3.05) is 27.9 Å². The number of methoxy groups -OCH3 is 3. The van der Waals surface area contributed by atoms with Gasteiger partial charge in [-0.2, -0.15) is 5.10 Å². The summed E-state index contributed by atoms with van der Waals surface area (Å²) in [5.74, 6) is 2.94. The Morgan fingerprint density at radius 2 is 1.87 bits per heavy atom. The van der Waals surface area contributed by atoms with Crippen LogP contribution >= 0.6 is 0 Å². The molecule has 1 aliphatic heterocycles. The standard InChI is InChI=1S/C22H29N5O3/c1-26-10-8-23-22(26)17-7-5-6-9-27(17)14-16-13-24-25-20(16)15-11-18(28-2)21(30-4)19(12-15)29-3/h8,10-13,17H,5-7,9,14H2,1-4H3,(H,24,25). The van der Waals surface area contributed by atoms with Gasteiger partial charge in [-0.05, 0) is 31.5 Å². The maximum absolute atomic E-state index is 5.53. The summed E-state index contributed by atoms with van der Waals surface area (Å²) in [6, 6.07) is 4.21. The van der Waals surface area contributed by atoms with Crippen LogP contribution in [0.15, 0.2) is 30.7 Å². The molecular formula is C22H29N5O3. The lowest BCUT2D eigenvalue weighted by atomic mass is 9.99. The zero-order valence-corrected chi connectivity index (χ0v) is 18.0. The summed E-state index contributed by atoms with van der Waals surface area (Å²) >= 11 is 0. The van der Waals surface area contributed by atoms with Gasteiger partial charge in [-0.15, -0.1) is 0 Å². The van der Waals surface area contributed by atoms with Gasteiger partial charge in [0.15, 0.2) is 11.5 Å². The number of hydrogen-bond donors (Lipinski definition) is 1. The molecule has 0 saturated carbocycles. The Balaban J connectivity index is 1.66. The topological polar surface area (TPSA) is 77.4 Å². The Kier molecular flexibility index (Phi) is 5.94. The number of H-pyrrole nitrogens is 1. The summed E-state index contributed by atoms with van der Waals surface area (Å²) in [7, 11) is 6.92. The van der Waals surface area contributed by atoms with Gasteiger partial charge in [0.2, 0.25) is 5.75 Å². The van der Waals surface area contributed by atoms with Crippen molar-refractivity contribution >= 4 is 0 Å². The summed E-state index contributed by atoms with van der Waals surface area (Å²) in [6.45, 7) is 1.83. The quantitative estimate of drug-likeness (QED) is 0.641. The smallest absolute Gasteiger partial charge is 0.203 e. The third-order valence-electron chi connectivity index (χ3n) is 5.81. The lowest BCUT2D eigenvalue weighted by Gasteiger charge is -2.35. The number of nitrogens with zero attached hydrogens (tertiary/aromatic N) is 4. The van der Waals surface area contributed by atoms with Crippen LogP contribution in [-0.4, -0.2) is 52.5 Å². The van der Waals surface area contributed by atoms with Gasteiger partial charge < -0.3 is 18.8 Å². The van der Waals surface area contributed by atoms with Crippen molar-refractivity contribution in [2.24, 2.45) is 7.05 Å². The van der Waals surface area contributed by atoms with E-state index in [1.54, 1.807) is 21.3 Å². The van der Waals surface area contributed by atoms with E-state index >= 15 is 0 Å². The second kappa shape index (κ2) is 8.79. The zero-order chi connectivity index (χ0) is 21.1. The van der Waals surface area contributed by atoms with Gasteiger partial charge in [-0.3, -0.25) is 10.00 Å². The van der Waals surface area contributed by atoms with E-state index in [2.05, 4.69) is 31.7 Å². The van der Waals surface area contributed by atoms with E-state index in [9.17, 15) is 0 Å². The number of nitrogens with one attached hydrogen (secondary N) is 1. The normalized spacial score (nSPS) is 17.1. The molecule has 3 heterocycles. The van der Waals surface area contributed by atoms with Crippen LogP contribution in [-0.2, 0) is 13.6 Å². The van der Waals surface area contributed by atoms with Gasteiger partial charge in [-0.25, -0.2) is 4.98 Å². The Morgan fingerprint density at radius 1 is 1.10 bits per heavy atom. The van der Waals surface area contributed by atoms with E-state index in [0.29, 0.717) is 23.3 Å². The molecule has 1 aromatic carbocycles. The molecule has 1 saturated heterocycles. The van der Waals surface area contributed by atoms with E-state index < -0.39 is 0 Å². The first-order valence-corrected chi connectivity index (χ1v) is 10.2. The molecule has 0 amide bonds. The van der Waals surface area contributed by atoms with Crippen LogP contribution in [0, 0.1) is 0 Å². The maximum Gasteiger partial charge on any atom is 0.203 e. The molecule has 1 fully saturated rings. The third kappa shape index (κ3) is 3.75. The molecule has 8 nitrogen and oxygen atoms in total. The van der Waals surface area contributed by atoms with Crippen LogP contribution in [0.5, 0.6) is 17.2 Å². The van der Waals surface area contributed by atoms with Crippen LogP contribution in [0.25, 0.3) is 11.3 Å². The molecule has 0 bridgehead atoms. The SMILES string of the molecule is COc1cc(-c2[nH]ncc2CN2CCCCC2c2nccn2C)cc(OC)c1OC. The van der Waals surface area contributed by atoms with Crippen molar-refractivity contribution in [3.8, 4) is 28.5 Å². The second-order valence-corrected chi connectivity index (χ2v) is 7.56. The summed E-state index contributed by atoms with van der Waals surface area (Å²) in [5, 5.41) is 7.50. The monoisotopic (exact) mass is 411 g/mol. The number of aromatic amines is 1. The fraction of sp³-hybridized carbons (Fsp3) is 0.455. The van der Waals surface area contributed by atoms with Gasteiger partial charge >= 0.3 is 0 Å². The van der Waals surface area contributed by atoms with Crippen LogP contribution in [0.1, 0.15) is 36.7 Å². The molecule has 1 N–H and O–H groups in total. The van der Waals surface area contributed by atoms with E-state index in [1.807, 2.05) is 30.7 Å². The van der Waals surface area contributed by atoms with Gasteiger partial charge in [0.25, 0.3) is 0 Å². The van der Waals surface area contributed by atoms with Crippen molar-refractivity contribution in [3.63, 3.8) is 0 Å². The molecule has 30 heavy (non-hydrogen) atoms. The number of ether oxygens (including phenoxy) is 3. The molecule has 1 aliphatic rings. The summed E-state index contributed by atoms with van der Waals surface area (Å²) in [6.07, 6.45) is 9.32. The highest BCUT2D eigenvalue weighted by molar-refractivity contribution is 5.70. The molecule has 1 atom stereocenters. The lowest BCUT2D eigenvalue weighted by Crippen LogP contribution is -2.34.